The quantitative estimate of drug-likeness (QED) is 0.397. The summed E-state index contributed by atoms with van der Waals surface area (Å²) in [6, 6.07) is 11.5. The van der Waals surface area contributed by atoms with Gasteiger partial charge in [-0.15, -0.1) is 0 Å². The second kappa shape index (κ2) is 8.35. The number of rotatable bonds is 5. The van der Waals surface area contributed by atoms with E-state index < -0.39 is 11.2 Å². The van der Waals surface area contributed by atoms with E-state index in [0.717, 1.165) is 29.3 Å². The van der Waals surface area contributed by atoms with Crippen LogP contribution in [0.1, 0.15) is 19.3 Å². The smallest absolute Gasteiger partial charge is 0.336 e. The van der Waals surface area contributed by atoms with Gasteiger partial charge in [0.2, 0.25) is 5.71 Å². The SMILES string of the molecule is Cn1c(=O)n(-c2ccc(N[C@H]3CC[C@H](Nc4nc5cccnc5o4)C3)nc2)c(=O)c2ncccc21. The van der Waals surface area contributed by atoms with Crippen LogP contribution in [0.4, 0.5) is 11.8 Å². The Balaban J connectivity index is 1.16. The number of aryl methyl sites for hydroxylation is 1. The lowest BCUT2D eigenvalue weighted by Gasteiger charge is -2.15. The third-order valence-electron chi connectivity index (χ3n) is 6.32. The summed E-state index contributed by atoms with van der Waals surface area (Å²) in [6.07, 6.45) is 7.51. The van der Waals surface area contributed by atoms with E-state index in [1.807, 2.05) is 12.1 Å². The molecule has 5 aromatic heterocycles. The molecule has 1 fully saturated rings. The number of nitrogens with one attached hydrogen (secondary N) is 2. The molecule has 35 heavy (non-hydrogen) atoms. The molecule has 0 spiro atoms. The molecule has 0 aromatic carbocycles. The van der Waals surface area contributed by atoms with E-state index in [2.05, 4.69) is 30.6 Å². The van der Waals surface area contributed by atoms with Gasteiger partial charge in [-0.25, -0.2) is 24.3 Å². The summed E-state index contributed by atoms with van der Waals surface area (Å²) in [7, 11) is 1.62. The van der Waals surface area contributed by atoms with Crippen molar-refractivity contribution in [1.82, 2.24) is 29.1 Å². The number of hydrogen-bond donors (Lipinski definition) is 2. The van der Waals surface area contributed by atoms with Crippen LogP contribution in [0.5, 0.6) is 0 Å². The van der Waals surface area contributed by atoms with Gasteiger partial charge in [0.15, 0.2) is 5.52 Å². The van der Waals surface area contributed by atoms with Crippen LogP contribution in [0.25, 0.3) is 28.0 Å². The maximum atomic E-state index is 12.9. The van der Waals surface area contributed by atoms with E-state index >= 15 is 0 Å². The molecular weight excluding hydrogens is 448 g/mol. The normalized spacial score (nSPS) is 17.7. The molecule has 1 saturated carbocycles. The zero-order chi connectivity index (χ0) is 23.9. The maximum absolute atomic E-state index is 12.9. The molecule has 6 rings (SSSR count). The summed E-state index contributed by atoms with van der Waals surface area (Å²) in [4.78, 5) is 43.0. The van der Waals surface area contributed by atoms with E-state index in [1.54, 1.807) is 37.5 Å². The van der Waals surface area contributed by atoms with E-state index in [9.17, 15) is 9.59 Å². The average Bonchev–Trinajstić information content (AvgIpc) is 3.50. The van der Waals surface area contributed by atoms with Crippen molar-refractivity contribution in [3.05, 3.63) is 75.8 Å². The average molecular weight is 470 g/mol. The van der Waals surface area contributed by atoms with Crippen LogP contribution in [0.3, 0.4) is 0 Å². The first-order chi connectivity index (χ1) is 17.1. The number of nitrogens with zero attached hydrogens (tertiary/aromatic N) is 6. The van der Waals surface area contributed by atoms with Crippen molar-refractivity contribution in [3.8, 4) is 5.69 Å². The van der Waals surface area contributed by atoms with Gasteiger partial charge in [-0.3, -0.25) is 9.36 Å². The van der Waals surface area contributed by atoms with Crippen LogP contribution in [0.15, 0.2) is 69.0 Å². The Labute approximate surface area is 198 Å². The van der Waals surface area contributed by atoms with Crippen molar-refractivity contribution in [2.45, 2.75) is 31.3 Å². The van der Waals surface area contributed by atoms with E-state index in [-0.39, 0.29) is 17.6 Å². The minimum absolute atomic E-state index is 0.214. The highest BCUT2D eigenvalue weighted by Gasteiger charge is 2.26. The first kappa shape index (κ1) is 21.0. The number of pyridine rings is 3. The lowest BCUT2D eigenvalue weighted by molar-refractivity contribution is 0.583. The zero-order valence-corrected chi connectivity index (χ0v) is 18.9. The van der Waals surface area contributed by atoms with Crippen molar-refractivity contribution in [3.63, 3.8) is 0 Å². The Morgan fingerprint density at radius 3 is 2.57 bits per heavy atom. The van der Waals surface area contributed by atoms with Crippen LogP contribution in [-0.2, 0) is 7.05 Å². The highest BCUT2D eigenvalue weighted by molar-refractivity contribution is 5.73. The summed E-state index contributed by atoms with van der Waals surface area (Å²) in [5.41, 5.74) is 1.44. The maximum Gasteiger partial charge on any atom is 0.336 e. The monoisotopic (exact) mass is 470 g/mol. The van der Waals surface area contributed by atoms with E-state index in [1.165, 1.54) is 17.0 Å². The molecule has 0 saturated heterocycles. The van der Waals surface area contributed by atoms with Gasteiger partial charge in [0.05, 0.1) is 17.4 Å². The Morgan fingerprint density at radius 2 is 1.77 bits per heavy atom. The van der Waals surface area contributed by atoms with Crippen molar-refractivity contribution >= 4 is 34.1 Å². The number of hydrogen-bond acceptors (Lipinski definition) is 9. The molecule has 11 nitrogen and oxygen atoms in total. The molecule has 0 radical (unpaired) electrons. The molecule has 5 aromatic rings. The van der Waals surface area contributed by atoms with Crippen LogP contribution >= 0.6 is 0 Å². The minimum atomic E-state index is -0.467. The first-order valence-electron chi connectivity index (χ1n) is 11.3. The van der Waals surface area contributed by atoms with Crippen molar-refractivity contribution < 1.29 is 4.42 Å². The molecule has 1 aliphatic rings. The first-order valence-corrected chi connectivity index (χ1v) is 11.3. The summed E-state index contributed by atoms with van der Waals surface area (Å²) in [6.45, 7) is 0. The van der Waals surface area contributed by atoms with E-state index in [0.29, 0.717) is 28.8 Å². The topological polar surface area (TPSA) is 133 Å². The lowest BCUT2D eigenvalue weighted by atomic mass is 10.2. The fourth-order valence-electron chi connectivity index (χ4n) is 4.57. The molecule has 0 amide bonds. The highest BCUT2D eigenvalue weighted by Crippen LogP contribution is 2.26. The molecule has 176 valence electrons. The second-order valence-electron chi connectivity index (χ2n) is 8.60. The number of aromatic nitrogens is 6. The summed E-state index contributed by atoms with van der Waals surface area (Å²) >= 11 is 0. The summed E-state index contributed by atoms with van der Waals surface area (Å²) in [5, 5.41) is 6.78. The Bertz CT molecular complexity index is 1620. The molecule has 5 heterocycles. The fraction of sp³-hybridized carbons (Fsp3) is 0.250. The zero-order valence-electron chi connectivity index (χ0n) is 18.9. The van der Waals surface area contributed by atoms with Crippen molar-refractivity contribution in [1.29, 1.82) is 0 Å². The Morgan fingerprint density at radius 1 is 0.971 bits per heavy atom. The van der Waals surface area contributed by atoms with Gasteiger partial charge in [0.1, 0.15) is 11.3 Å². The molecule has 0 bridgehead atoms. The van der Waals surface area contributed by atoms with Crippen molar-refractivity contribution in [2.75, 3.05) is 10.6 Å². The molecule has 0 aliphatic heterocycles. The van der Waals surface area contributed by atoms with Crippen LogP contribution in [-0.4, -0.2) is 41.2 Å². The second-order valence-corrected chi connectivity index (χ2v) is 8.60. The third kappa shape index (κ3) is 3.80. The predicted molar refractivity (Wildman–Crippen MR) is 131 cm³/mol. The van der Waals surface area contributed by atoms with Gasteiger partial charge in [-0.2, -0.15) is 4.98 Å². The number of fused-ring (bicyclic) bond motifs is 2. The molecule has 1 aliphatic carbocycles. The van der Waals surface area contributed by atoms with Crippen LogP contribution < -0.4 is 21.9 Å². The molecule has 2 N–H and O–H groups in total. The third-order valence-corrected chi connectivity index (χ3v) is 6.32. The Kier molecular flexibility index (Phi) is 5.02. The van der Waals surface area contributed by atoms with Crippen LogP contribution in [0, 0.1) is 0 Å². The van der Waals surface area contributed by atoms with Gasteiger partial charge >= 0.3 is 5.69 Å². The van der Waals surface area contributed by atoms with Crippen molar-refractivity contribution in [2.24, 2.45) is 7.05 Å². The van der Waals surface area contributed by atoms with E-state index in [4.69, 9.17) is 4.42 Å². The Hall–Kier alpha value is -4.54. The molecule has 2 atom stereocenters. The van der Waals surface area contributed by atoms with Gasteiger partial charge < -0.3 is 15.1 Å². The number of anilines is 2. The van der Waals surface area contributed by atoms with Gasteiger partial charge in [0.25, 0.3) is 11.6 Å². The molecular formula is C24H22N8O3. The number of oxazole rings is 1. The van der Waals surface area contributed by atoms with Gasteiger partial charge in [-0.05, 0) is 55.7 Å². The van der Waals surface area contributed by atoms with Gasteiger partial charge in [-0.1, -0.05) is 0 Å². The molecule has 0 unspecified atom stereocenters. The van der Waals surface area contributed by atoms with Crippen LogP contribution in [0.2, 0.25) is 0 Å². The highest BCUT2D eigenvalue weighted by atomic mass is 16.4. The predicted octanol–water partition coefficient (Wildman–Crippen LogP) is 2.46. The summed E-state index contributed by atoms with van der Waals surface area (Å²) < 4.78 is 8.17. The van der Waals surface area contributed by atoms with Gasteiger partial charge in [0, 0.05) is 31.5 Å². The summed E-state index contributed by atoms with van der Waals surface area (Å²) in [5.74, 6) is 0.675. The fourth-order valence-corrected chi connectivity index (χ4v) is 4.57. The lowest BCUT2D eigenvalue weighted by Crippen LogP contribution is -2.38. The standard InChI is InChI=1S/C24H22N8O3/c1-31-18-5-3-10-25-20(18)22(33)32(24(31)34)16-8-9-19(27-13-16)28-14-6-7-15(12-14)29-23-30-17-4-2-11-26-21(17)35-23/h2-5,8-11,13-15H,6-7,12H2,1H3,(H,27,28)(H,29,30)/t14-,15-/m0/s1. The largest absolute Gasteiger partial charge is 0.404 e. The minimum Gasteiger partial charge on any atom is -0.404 e. The molecule has 11 heteroatoms.